The summed E-state index contributed by atoms with van der Waals surface area (Å²) in [6.07, 6.45) is 0.987. The number of hydrogen-bond acceptors (Lipinski definition) is 3. The molecule has 0 radical (unpaired) electrons. The van der Waals surface area contributed by atoms with E-state index in [-0.39, 0.29) is 11.9 Å². The highest BCUT2D eigenvalue weighted by Crippen LogP contribution is 2.30. The van der Waals surface area contributed by atoms with E-state index in [1.54, 1.807) is 13.2 Å². The average molecular weight is 285 g/mol. The Kier molecular flexibility index (Phi) is 6.12. The smallest absolute Gasteiger partial charge is 0.241 e. The number of carbonyl (C=O) groups excluding carboxylic acids is 1. The molecule has 0 fully saturated rings. The van der Waals surface area contributed by atoms with E-state index in [0.29, 0.717) is 16.5 Å². The second-order valence-electron chi connectivity index (χ2n) is 4.47. The lowest BCUT2D eigenvalue weighted by Crippen LogP contribution is -2.38. The first-order chi connectivity index (χ1) is 8.99. The molecular weight excluding hydrogens is 264 g/mol. The topological polar surface area (TPSA) is 50.4 Å². The molecule has 19 heavy (non-hydrogen) atoms. The van der Waals surface area contributed by atoms with E-state index in [9.17, 15) is 4.79 Å². The van der Waals surface area contributed by atoms with Gasteiger partial charge in [-0.3, -0.25) is 4.79 Å². The third-order valence-corrected chi connectivity index (χ3v) is 3.24. The lowest BCUT2D eigenvalue weighted by molar-refractivity contribution is -0.117. The molecule has 1 aromatic rings. The molecule has 0 saturated carbocycles. The fraction of sp³-hybridized carbons (Fsp3) is 0.500. The van der Waals surface area contributed by atoms with Crippen molar-refractivity contribution in [3.05, 3.63) is 22.7 Å². The quantitative estimate of drug-likeness (QED) is 0.844. The Morgan fingerprint density at radius 2 is 2.16 bits per heavy atom. The zero-order chi connectivity index (χ0) is 14.4. The predicted molar refractivity (Wildman–Crippen MR) is 79.1 cm³/mol. The van der Waals surface area contributed by atoms with Crippen LogP contribution in [0, 0.1) is 6.92 Å². The summed E-state index contributed by atoms with van der Waals surface area (Å²) in [6, 6.07) is 3.27. The van der Waals surface area contributed by atoms with Crippen LogP contribution in [0.2, 0.25) is 5.02 Å². The van der Waals surface area contributed by atoms with Crippen LogP contribution in [0.1, 0.15) is 25.8 Å². The maximum atomic E-state index is 12.0. The van der Waals surface area contributed by atoms with Gasteiger partial charge in [0.1, 0.15) is 5.75 Å². The molecule has 0 heterocycles. The minimum Gasteiger partial charge on any atom is -0.495 e. The molecule has 1 rings (SSSR count). The number of rotatable bonds is 6. The van der Waals surface area contributed by atoms with E-state index in [0.717, 1.165) is 18.5 Å². The number of halogens is 1. The fourth-order valence-corrected chi connectivity index (χ4v) is 1.78. The standard InChI is InChI=1S/C14H21ClN2O2/c1-5-6-16-10(3)14(18)17-12-7-9(2)11(15)8-13(12)19-4/h7-8,10,16H,5-6H2,1-4H3,(H,17,18). The van der Waals surface area contributed by atoms with Crippen molar-refractivity contribution in [1.29, 1.82) is 0 Å². The van der Waals surface area contributed by atoms with Crippen molar-refractivity contribution in [3.63, 3.8) is 0 Å². The zero-order valence-corrected chi connectivity index (χ0v) is 12.6. The minimum absolute atomic E-state index is 0.0894. The molecule has 0 aliphatic heterocycles. The molecular formula is C14H21ClN2O2. The number of benzene rings is 1. The van der Waals surface area contributed by atoms with Crippen molar-refractivity contribution in [2.24, 2.45) is 0 Å². The highest BCUT2D eigenvalue weighted by molar-refractivity contribution is 6.31. The van der Waals surface area contributed by atoms with Crippen molar-refractivity contribution in [2.75, 3.05) is 19.0 Å². The van der Waals surface area contributed by atoms with Crippen molar-refractivity contribution in [3.8, 4) is 5.75 Å². The molecule has 2 N–H and O–H groups in total. The Labute approximate surface area is 119 Å². The van der Waals surface area contributed by atoms with Crippen LogP contribution in [0.5, 0.6) is 5.75 Å². The molecule has 0 spiro atoms. The Balaban J connectivity index is 2.81. The van der Waals surface area contributed by atoms with Crippen LogP contribution >= 0.6 is 11.6 Å². The molecule has 1 aromatic carbocycles. The maximum absolute atomic E-state index is 12.0. The normalized spacial score (nSPS) is 12.1. The number of methoxy groups -OCH3 is 1. The minimum atomic E-state index is -0.249. The van der Waals surface area contributed by atoms with Gasteiger partial charge < -0.3 is 15.4 Å². The monoisotopic (exact) mass is 284 g/mol. The Morgan fingerprint density at radius 3 is 2.74 bits per heavy atom. The van der Waals surface area contributed by atoms with E-state index < -0.39 is 0 Å². The first-order valence-electron chi connectivity index (χ1n) is 6.38. The summed E-state index contributed by atoms with van der Waals surface area (Å²) in [5, 5.41) is 6.61. The molecule has 0 aliphatic carbocycles. The second kappa shape index (κ2) is 7.36. The Morgan fingerprint density at radius 1 is 1.47 bits per heavy atom. The number of aryl methyl sites for hydroxylation is 1. The molecule has 0 bridgehead atoms. The molecule has 4 nitrogen and oxygen atoms in total. The summed E-state index contributed by atoms with van der Waals surface area (Å²) < 4.78 is 5.22. The third kappa shape index (κ3) is 4.40. The van der Waals surface area contributed by atoms with E-state index in [1.165, 1.54) is 0 Å². The first kappa shape index (κ1) is 15.8. The molecule has 106 valence electrons. The number of anilines is 1. The number of amides is 1. The summed E-state index contributed by atoms with van der Waals surface area (Å²) in [6.45, 7) is 6.59. The Hall–Kier alpha value is -1.26. The summed E-state index contributed by atoms with van der Waals surface area (Å²) in [5.74, 6) is 0.472. The van der Waals surface area contributed by atoms with Gasteiger partial charge in [-0.25, -0.2) is 0 Å². The van der Waals surface area contributed by atoms with Gasteiger partial charge in [-0.05, 0) is 38.4 Å². The molecule has 5 heteroatoms. The summed E-state index contributed by atoms with van der Waals surface area (Å²) in [7, 11) is 1.55. The zero-order valence-electron chi connectivity index (χ0n) is 11.8. The largest absolute Gasteiger partial charge is 0.495 e. The summed E-state index contributed by atoms with van der Waals surface area (Å²) in [4.78, 5) is 12.0. The number of ether oxygens (including phenoxy) is 1. The fourth-order valence-electron chi connectivity index (χ4n) is 1.62. The van der Waals surface area contributed by atoms with E-state index >= 15 is 0 Å². The van der Waals surface area contributed by atoms with E-state index in [4.69, 9.17) is 16.3 Å². The number of carbonyl (C=O) groups is 1. The van der Waals surface area contributed by atoms with E-state index in [1.807, 2.05) is 19.9 Å². The lowest BCUT2D eigenvalue weighted by Gasteiger charge is -2.16. The predicted octanol–water partition coefficient (Wildman–Crippen LogP) is 2.98. The summed E-state index contributed by atoms with van der Waals surface area (Å²) in [5.41, 5.74) is 1.53. The molecule has 0 aromatic heterocycles. The van der Waals surface area contributed by atoms with Crippen LogP contribution < -0.4 is 15.4 Å². The first-order valence-corrected chi connectivity index (χ1v) is 6.75. The Bertz CT molecular complexity index is 449. The van der Waals surface area contributed by atoms with Gasteiger partial charge >= 0.3 is 0 Å². The van der Waals surface area contributed by atoms with Crippen molar-refractivity contribution < 1.29 is 9.53 Å². The SMILES string of the molecule is CCCNC(C)C(=O)Nc1cc(C)c(Cl)cc1OC. The lowest BCUT2D eigenvalue weighted by atomic mass is 10.2. The van der Waals surface area contributed by atoms with Crippen LogP contribution in [0.15, 0.2) is 12.1 Å². The maximum Gasteiger partial charge on any atom is 0.241 e. The van der Waals surface area contributed by atoms with Crippen molar-refractivity contribution >= 4 is 23.2 Å². The van der Waals surface area contributed by atoms with Gasteiger partial charge in [0.05, 0.1) is 18.8 Å². The van der Waals surface area contributed by atoms with Gasteiger partial charge in [-0.15, -0.1) is 0 Å². The van der Waals surface area contributed by atoms with Crippen LogP contribution in [0.3, 0.4) is 0 Å². The van der Waals surface area contributed by atoms with Gasteiger partial charge in [0.25, 0.3) is 0 Å². The van der Waals surface area contributed by atoms with Crippen LogP contribution in [0.25, 0.3) is 0 Å². The average Bonchev–Trinajstić information content (AvgIpc) is 2.39. The third-order valence-electron chi connectivity index (χ3n) is 2.83. The highest BCUT2D eigenvalue weighted by atomic mass is 35.5. The van der Waals surface area contributed by atoms with Gasteiger partial charge in [0, 0.05) is 11.1 Å². The van der Waals surface area contributed by atoms with Crippen molar-refractivity contribution in [1.82, 2.24) is 5.32 Å². The molecule has 0 aliphatic rings. The number of hydrogen-bond donors (Lipinski definition) is 2. The van der Waals surface area contributed by atoms with Gasteiger partial charge in [-0.2, -0.15) is 0 Å². The van der Waals surface area contributed by atoms with E-state index in [2.05, 4.69) is 17.6 Å². The van der Waals surface area contributed by atoms with Crippen LogP contribution in [-0.4, -0.2) is 25.6 Å². The highest BCUT2D eigenvalue weighted by Gasteiger charge is 2.15. The van der Waals surface area contributed by atoms with Gasteiger partial charge in [-0.1, -0.05) is 18.5 Å². The molecule has 1 unspecified atom stereocenters. The van der Waals surface area contributed by atoms with Gasteiger partial charge in [0.15, 0.2) is 0 Å². The number of nitrogens with one attached hydrogen (secondary N) is 2. The molecule has 0 saturated heterocycles. The van der Waals surface area contributed by atoms with Gasteiger partial charge in [0.2, 0.25) is 5.91 Å². The van der Waals surface area contributed by atoms with Crippen LogP contribution in [0.4, 0.5) is 5.69 Å². The molecule has 1 atom stereocenters. The van der Waals surface area contributed by atoms with Crippen LogP contribution in [-0.2, 0) is 4.79 Å². The second-order valence-corrected chi connectivity index (χ2v) is 4.87. The molecule has 1 amide bonds. The van der Waals surface area contributed by atoms with Crippen molar-refractivity contribution in [2.45, 2.75) is 33.2 Å². The summed E-state index contributed by atoms with van der Waals surface area (Å²) >= 11 is 6.03.